The maximum absolute atomic E-state index is 13.2. The lowest BCUT2D eigenvalue weighted by Gasteiger charge is -2.12. The molecule has 0 amide bonds. The van der Waals surface area contributed by atoms with Crippen molar-refractivity contribution < 1.29 is 17.9 Å². The van der Waals surface area contributed by atoms with Gasteiger partial charge in [0.15, 0.2) is 0 Å². The van der Waals surface area contributed by atoms with E-state index in [2.05, 4.69) is 72.4 Å². The van der Waals surface area contributed by atoms with Crippen molar-refractivity contribution in [2.24, 2.45) is 5.92 Å². The summed E-state index contributed by atoms with van der Waals surface area (Å²) < 4.78 is 37.3. The molecule has 0 aromatic carbocycles. The Kier molecular flexibility index (Phi) is 17.1. The lowest BCUT2D eigenvalue weighted by Crippen LogP contribution is -2.04. The van der Waals surface area contributed by atoms with Crippen LogP contribution in [0, 0.1) is 5.92 Å². The molecule has 0 aromatic heterocycles. The van der Waals surface area contributed by atoms with Crippen LogP contribution in [0.1, 0.15) is 27.2 Å². The van der Waals surface area contributed by atoms with Crippen LogP contribution in [0.15, 0.2) is 169 Å². The molecule has 0 aromatic rings. The minimum absolute atomic E-state index is 0.0314. The first-order valence-corrected chi connectivity index (χ1v) is 13.9. The van der Waals surface area contributed by atoms with Crippen molar-refractivity contribution in [1.82, 2.24) is 0 Å². The highest BCUT2D eigenvalue weighted by Crippen LogP contribution is 2.23. The summed E-state index contributed by atoms with van der Waals surface area (Å²) in [6.45, 7) is 28.8. The van der Waals surface area contributed by atoms with Gasteiger partial charge < -0.3 is 9.47 Å². The van der Waals surface area contributed by atoms with Gasteiger partial charge in [-0.1, -0.05) is 103 Å². The highest BCUT2D eigenvalue weighted by Gasteiger charge is 2.18. The minimum atomic E-state index is -3.92. The summed E-state index contributed by atoms with van der Waals surface area (Å²) in [5, 5.41) is 0. The first-order valence-electron chi connectivity index (χ1n) is 12.4. The molecule has 0 aliphatic heterocycles. The zero-order chi connectivity index (χ0) is 29.8. The van der Waals surface area contributed by atoms with Crippen LogP contribution in [-0.4, -0.2) is 15.5 Å². The summed E-state index contributed by atoms with van der Waals surface area (Å²) in [5.74, 6) is 1.44. The van der Waals surface area contributed by atoms with E-state index < -0.39 is 9.84 Å². The molecule has 0 bridgehead atoms. The fourth-order valence-corrected chi connectivity index (χ4v) is 4.23. The fourth-order valence-electron chi connectivity index (χ4n) is 3.03. The molecule has 0 saturated heterocycles. The maximum Gasteiger partial charge on any atom is 0.206 e. The van der Waals surface area contributed by atoms with Gasteiger partial charge in [-0.2, -0.15) is 0 Å². The smallest absolute Gasteiger partial charge is 0.206 e. The monoisotopic (exact) mass is 546 g/mol. The second-order valence-corrected chi connectivity index (χ2v) is 10.1. The highest BCUT2D eigenvalue weighted by atomic mass is 32.2. The summed E-state index contributed by atoms with van der Waals surface area (Å²) in [4.78, 5) is -0.0801. The molecule has 5 heteroatoms. The van der Waals surface area contributed by atoms with Gasteiger partial charge in [0.1, 0.15) is 17.3 Å². The van der Waals surface area contributed by atoms with Crippen molar-refractivity contribution in [2.45, 2.75) is 27.2 Å². The van der Waals surface area contributed by atoms with Crippen molar-refractivity contribution in [1.29, 1.82) is 0 Å². The van der Waals surface area contributed by atoms with E-state index in [0.29, 0.717) is 17.3 Å². The van der Waals surface area contributed by atoms with Crippen molar-refractivity contribution in [3.63, 3.8) is 0 Å². The Labute approximate surface area is 236 Å². The molecule has 0 aliphatic rings. The van der Waals surface area contributed by atoms with Crippen LogP contribution >= 0.6 is 0 Å². The molecular formula is C34H42O4S. The van der Waals surface area contributed by atoms with E-state index in [-0.39, 0.29) is 15.7 Å². The Morgan fingerprint density at radius 2 is 1.18 bits per heavy atom. The lowest BCUT2D eigenvalue weighted by atomic mass is 9.94. The maximum atomic E-state index is 13.2. The minimum Gasteiger partial charge on any atom is -0.497 e. The Morgan fingerprint density at radius 1 is 0.692 bits per heavy atom. The highest BCUT2D eigenvalue weighted by molar-refractivity contribution is 7.99. The quantitative estimate of drug-likeness (QED) is 0.127. The molecule has 0 heterocycles. The summed E-state index contributed by atoms with van der Waals surface area (Å²) in [7, 11) is -2.45. The molecule has 208 valence electrons. The molecule has 39 heavy (non-hydrogen) atoms. The number of ether oxygens (including phenoxy) is 2. The molecule has 0 rings (SSSR count). The molecule has 0 unspecified atom stereocenters. The standard InChI is InChI=1S/C34H42O4S/c1-11-18-19-20-34(27(8)9)28(12-2)21-22-30(14-4)38-31(15-5)24-26-33(17-7)39(35,36)32(16-6)25-23-29(13-3)37-10/h12-27H,2-7,11H2,1,8-10H3/b19-18-,28-21+,29-23+,30-22+,31-24+,32-25+,33-26+,34-20+. The van der Waals surface area contributed by atoms with E-state index >= 15 is 0 Å². The Hall–Kier alpha value is -4.09. The summed E-state index contributed by atoms with van der Waals surface area (Å²) in [6, 6.07) is 0. The molecular weight excluding hydrogens is 504 g/mol. The number of allylic oxidation sites excluding steroid dienone is 17. The van der Waals surface area contributed by atoms with Crippen LogP contribution in [0.3, 0.4) is 0 Å². The van der Waals surface area contributed by atoms with Crippen molar-refractivity contribution in [2.75, 3.05) is 7.11 Å². The van der Waals surface area contributed by atoms with Crippen molar-refractivity contribution in [3.8, 4) is 0 Å². The van der Waals surface area contributed by atoms with Gasteiger partial charge in [0.05, 0.1) is 16.9 Å². The number of sulfone groups is 1. The average Bonchev–Trinajstić information content (AvgIpc) is 2.92. The zero-order valence-electron chi connectivity index (χ0n) is 23.7. The van der Waals surface area contributed by atoms with Crippen LogP contribution in [0.4, 0.5) is 0 Å². The van der Waals surface area contributed by atoms with E-state index in [4.69, 9.17) is 9.47 Å². The molecule has 0 radical (unpaired) electrons. The second kappa shape index (κ2) is 19.0. The number of hydrogen-bond donors (Lipinski definition) is 0. The second-order valence-electron chi connectivity index (χ2n) is 8.11. The third-order valence-corrected chi connectivity index (χ3v) is 7.02. The zero-order valence-corrected chi connectivity index (χ0v) is 24.5. The molecule has 0 spiro atoms. The van der Waals surface area contributed by atoms with Crippen LogP contribution in [0.2, 0.25) is 0 Å². The number of rotatable bonds is 18. The largest absolute Gasteiger partial charge is 0.497 e. The van der Waals surface area contributed by atoms with E-state index in [1.165, 1.54) is 55.7 Å². The van der Waals surface area contributed by atoms with Gasteiger partial charge in [0.2, 0.25) is 9.84 Å². The van der Waals surface area contributed by atoms with E-state index in [0.717, 1.165) is 17.6 Å². The normalized spacial score (nSPS) is 14.7. The van der Waals surface area contributed by atoms with Crippen molar-refractivity contribution >= 4 is 9.84 Å². The summed E-state index contributed by atoms with van der Waals surface area (Å²) in [6.07, 6.45) is 25.4. The first-order chi connectivity index (χ1) is 18.6. The molecule has 0 aliphatic carbocycles. The first kappa shape index (κ1) is 34.9. The molecule has 0 N–H and O–H groups in total. The van der Waals surface area contributed by atoms with E-state index in [1.807, 2.05) is 12.2 Å². The van der Waals surface area contributed by atoms with Gasteiger partial charge in [-0.3, -0.25) is 0 Å². The Balaban J connectivity index is 6.38. The van der Waals surface area contributed by atoms with Gasteiger partial charge in [-0.05, 0) is 72.1 Å². The average molecular weight is 547 g/mol. The predicted octanol–water partition coefficient (Wildman–Crippen LogP) is 9.07. The van der Waals surface area contributed by atoms with Crippen LogP contribution in [0.25, 0.3) is 0 Å². The van der Waals surface area contributed by atoms with E-state index in [1.54, 1.807) is 18.2 Å². The van der Waals surface area contributed by atoms with Gasteiger partial charge in [0, 0.05) is 0 Å². The molecule has 4 nitrogen and oxygen atoms in total. The summed E-state index contributed by atoms with van der Waals surface area (Å²) in [5.41, 5.74) is 2.08. The van der Waals surface area contributed by atoms with E-state index in [9.17, 15) is 8.42 Å². The SMILES string of the molecule is C=C/C(=C\C=C(/C=C)S(=O)(=O)/C(C=C)=C/C=C(\C=C)O/C(C=C)=C/C=C(C=C)/C(=C/C=C\CC)C(C)C)OC. The van der Waals surface area contributed by atoms with Gasteiger partial charge in [0.25, 0.3) is 0 Å². The van der Waals surface area contributed by atoms with Crippen LogP contribution in [0.5, 0.6) is 0 Å². The lowest BCUT2D eigenvalue weighted by molar-refractivity contribution is 0.307. The topological polar surface area (TPSA) is 52.6 Å². The molecule has 0 saturated carbocycles. The van der Waals surface area contributed by atoms with Crippen molar-refractivity contribution in [3.05, 3.63) is 169 Å². The Bertz CT molecular complexity index is 1270. The fraction of sp³-hybridized carbons (Fsp3) is 0.176. The molecule has 0 atom stereocenters. The van der Waals surface area contributed by atoms with Crippen LogP contribution in [-0.2, 0) is 19.3 Å². The van der Waals surface area contributed by atoms with Gasteiger partial charge >= 0.3 is 0 Å². The Morgan fingerprint density at radius 3 is 1.56 bits per heavy atom. The van der Waals surface area contributed by atoms with Gasteiger partial charge in [-0.25, -0.2) is 8.42 Å². The summed E-state index contributed by atoms with van der Waals surface area (Å²) >= 11 is 0. The number of methoxy groups -OCH3 is 1. The predicted molar refractivity (Wildman–Crippen MR) is 169 cm³/mol. The third-order valence-electron chi connectivity index (χ3n) is 5.17. The van der Waals surface area contributed by atoms with Crippen LogP contribution < -0.4 is 0 Å². The number of hydrogen-bond acceptors (Lipinski definition) is 4. The van der Waals surface area contributed by atoms with Gasteiger partial charge in [-0.15, -0.1) is 0 Å². The molecule has 0 fully saturated rings. The third kappa shape index (κ3) is 11.9.